The van der Waals surface area contributed by atoms with Crippen molar-refractivity contribution >= 4 is 45.0 Å². The number of hydrogen-bond acceptors (Lipinski definition) is 1. The lowest BCUT2D eigenvalue weighted by atomic mass is 10.2. The van der Waals surface area contributed by atoms with E-state index in [1.54, 1.807) is 0 Å². The van der Waals surface area contributed by atoms with Crippen molar-refractivity contribution in [3.05, 3.63) is 33.3 Å². The Labute approximate surface area is 122 Å². The lowest BCUT2D eigenvalue weighted by Crippen LogP contribution is -2.36. The Kier molecular flexibility index (Phi) is 6.32. The molecule has 0 unspecified atom stereocenters. The molecule has 0 aromatic heterocycles. The zero-order valence-corrected chi connectivity index (χ0v) is 12.3. The van der Waals surface area contributed by atoms with Gasteiger partial charge in [0.25, 0.3) is 12.3 Å². The fraction of sp³-hybridized carbons (Fsp3) is 0.364. The van der Waals surface area contributed by atoms with E-state index >= 15 is 0 Å². The highest BCUT2D eigenvalue weighted by atomic mass is 79.9. The van der Waals surface area contributed by atoms with Gasteiger partial charge < -0.3 is 4.90 Å². The molecule has 1 rings (SSSR count). The summed E-state index contributed by atoms with van der Waals surface area (Å²) in [5.74, 6) is -0.400. The third kappa shape index (κ3) is 4.37. The number of hydrogen-bond donors (Lipinski definition) is 0. The highest BCUT2D eigenvalue weighted by Crippen LogP contribution is 2.23. The average molecular weight is 361 g/mol. The van der Waals surface area contributed by atoms with Crippen molar-refractivity contribution in [2.24, 2.45) is 0 Å². The van der Waals surface area contributed by atoms with E-state index in [0.29, 0.717) is 9.50 Å². The van der Waals surface area contributed by atoms with Gasteiger partial charge >= 0.3 is 0 Å². The summed E-state index contributed by atoms with van der Waals surface area (Å²) in [5.41, 5.74) is 0.283. The van der Waals surface area contributed by atoms with Gasteiger partial charge in [-0.3, -0.25) is 4.79 Å². The van der Waals surface area contributed by atoms with Crippen molar-refractivity contribution < 1.29 is 13.6 Å². The van der Waals surface area contributed by atoms with Crippen LogP contribution in [0.5, 0.6) is 0 Å². The largest absolute Gasteiger partial charge is 0.332 e. The molecular formula is C11H10BrCl2F2NO. The number of carbonyl (C=O) groups excluding carboxylic acids is 1. The van der Waals surface area contributed by atoms with Crippen molar-refractivity contribution in [2.75, 3.05) is 19.0 Å². The first-order valence-corrected chi connectivity index (χ1v) is 6.74. The lowest BCUT2D eigenvalue weighted by molar-refractivity contribution is 0.0570. The molecule has 0 saturated carbocycles. The summed E-state index contributed by atoms with van der Waals surface area (Å²) < 4.78 is 25.2. The lowest BCUT2D eigenvalue weighted by Gasteiger charge is -2.21. The summed E-state index contributed by atoms with van der Waals surface area (Å²) in [6, 6.07) is 4.55. The number of rotatable bonds is 5. The predicted octanol–water partition coefficient (Wildman–Crippen LogP) is 4.05. The number of alkyl halides is 3. The smallest absolute Gasteiger partial charge is 0.255 e. The molecule has 0 saturated heterocycles. The van der Waals surface area contributed by atoms with Gasteiger partial charge in [-0.1, -0.05) is 11.6 Å². The van der Waals surface area contributed by atoms with Gasteiger partial charge in [0, 0.05) is 21.9 Å². The number of halogens is 5. The zero-order valence-electron chi connectivity index (χ0n) is 9.18. The van der Waals surface area contributed by atoms with Gasteiger partial charge in [-0.05, 0) is 34.1 Å². The fourth-order valence-corrected chi connectivity index (χ4v) is 2.43. The minimum atomic E-state index is -2.59. The van der Waals surface area contributed by atoms with Crippen LogP contribution < -0.4 is 0 Å². The number of carbonyl (C=O) groups is 1. The second-order valence-corrected chi connectivity index (χ2v) is 5.12. The van der Waals surface area contributed by atoms with E-state index in [2.05, 4.69) is 15.9 Å². The van der Waals surface area contributed by atoms with Crippen LogP contribution in [0.15, 0.2) is 22.7 Å². The van der Waals surface area contributed by atoms with Crippen LogP contribution in [0.4, 0.5) is 8.78 Å². The van der Waals surface area contributed by atoms with Crippen LogP contribution in [-0.4, -0.2) is 36.2 Å². The molecule has 1 aromatic carbocycles. The molecule has 0 aliphatic rings. The second-order valence-electron chi connectivity index (χ2n) is 3.46. The Balaban J connectivity index is 2.94. The molecular weight excluding hydrogens is 351 g/mol. The molecule has 0 N–H and O–H groups in total. The predicted molar refractivity (Wildman–Crippen MR) is 71.8 cm³/mol. The zero-order chi connectivity index (χ0) is 13.7. The molecule has 100 valence electrons. The Hall–Kier alpha value is -0.390. The highest BCUT2D eigenvalue weighted by Gasteiger charge is 2.21. The first-order chi connectivity index (χ1) is 8.45. The summed E-state index contributed by atoms with van der Waals surface area (Å²) in [6.07, 6.45) is -2.59. The van der Waals surface area contributed by atoms with Gasteiger partial charge in [-0.2, -0.15) is 0 Å². The average Bonchev–Trinajstić information content (AvgIpc) is 2.27. The third-order valence-corrected chi connectivity index (χ3v) is 3.22. The van der Waals surface area contributed by atoms with Crippen molar-refractivity contribution in [1.82, 2.24) is 4.90 Å². The molecule has 0 heterocycles. The SMILES string of the molecule is O=C(c1ccc(Cl)cc1Br)N(CCCl)CC(F)F. The molecule has 0 atom stereocenters. The molecule has 1 aromatic rings. The summed E-state index contributed by atoms with van der Waals surface area (Å²) in [6.45, 7) is -0.569. The van der Waals surface area contributed by atoms with E-state index in [-0.39, 0.29) is 18.0 Å². The molecule has 0 radical (unpaired) electrons. The topological polar surface area (TPSA) is 20.3 Å². The second kappa shape index (κ2) is 7.26. The Morgan fingerprint density at radius 1 is 1.44 bits per heavy atom. The Morgan fingerprint density at radius 2 is 2.11 bits per heavy atom. The first kappa shape index (κ1) is 15.7. The van der Waals surface area contributed by atoms with Crippen LogP contribution in [0.25, 0.3) is 0 Å². The molecule has 7 heteroatoms. The van der Waals surface area contributed by atoms with Crippen molar-refractivity contribution in [2.45, 2.75) is 6.43 Å². The summed E-state index contributed by atoms with van der Waals surface area (Å²) in [7, 11) is 0. The minimum absolute atomic E-state index is 0.0692. The molecule has 0 fully saturated rings. The molecule has 0 aliphatic carbocycles. The number of nitrogens with zero attached hydrogens (tertiary/aromatic N) is 1. The van der Waals surface area contributed by atoms with Gasteiger partial charge in [0.2, 0.25) is 0 Å². The maximum atomic E-state index is 12.4. The van der Waals surface area contributed by atoms with Crippen LogP contribution in [0.2, 0.25) is 5.02 Å². The number of amides is 1. The van der Waals surface area contributed by atoms with Gasteiger partial charge in [-0.25, -0.2) is 8.78 Å². The standard InChI is InChI=1S/C11H10BrCl2F2NO/c12-9-5-7(14)1-2-8(9)11(18)17(4-3-13)6-10(15)16/h1-2,5,10H,3-4,6H2. The van der Waals surface area contributed by atoms with E-state index in [1.807, 2.05) is 0 Å². The van der Waals surface area contributed by atoms with Crippen LogP contribution in [0, 0.1) is 0 Å². The molecule has 0 aliphatic heterocycles. The van der Waals surface area contributed by atoms with Gasteiger partial charge in [0.1, 0.15) is 0 Å². The van der Waals surface area contributed by atoms with Crippen molar-refractivity contribution in [1.29, 1.82) is 0 Å². The molecule has 2 nitrogen and oxygen atoms in total. The Morgan fingerprint density at radius 3 is 2.61 bits per heavy atom. The molecule has 0 bridgehead atoms. The monoisotopic (exact) mass is 359 g/mol. The van der Waals surface area contributed by atoms with E-state index in [0.717, 1.165) is 4.90 Å². The van der Waals surface area contributed by atoms with Gasteiger partial charge in [0.05, 0.1) is 12.1 Å². The van der Waals surface area contributed by atoms with E-state index < -0.39 is 18.9 Å². The van der Waals surface area contributed by atoms with Crippen LogP contribution in [0.1, 0.15) is 10.4 Å². The van der Waals surface area contributed by atoms with Gasteiger partial charge in [0.15, 0.2) is 0 Å². The molecule has 1 amide bonds. The fourth-order valence-electron chi connectivity index (χ4n) is 1.38. The minimum Gasteiger partial charge on any atom is -0.332 e. The third-order valence-electron chi connectivity index (χ3n) is 2.16. The van der Waals surface area contributed by atoms with Gasteiger partial charge in [-0.15, -0.1) is 11.6 Å². The summed E-state index contributed by atoms with van der Waals surface area (Å²) >= 11 is 14.4. The Bertz CT molecular complexity index is 432. The van der Waals surface area contributed by atoms with E-state index in [4.69, 9.17) is 23.2 Å². The summed E-state index contributed by atoms with van der Waals surface area (Å²) in [4.78, 5) is 13.1. The normalized spacial score (nSPS) is 10.8. The maximum absolute atomic E-state index is 12.4. The quantitative estimate of drug-likeness (QED) is 0.725. The number of benzene rings is 1. The maximum Gasteiger partial charge on any atom is 0.255 e. The van der Waals surface area contributed by atoms with Crippen LogP contribution in [0.3, 0.4) is 0 Å². The first-order valence-electron chi connectivity index (χ1n) is 5.04. The highest BCUT2D eigenvalue weighted by molar-refractivity contribution is 9.10. The van der Waals surface area contributed by atoms with Crippen LogP contribution in [-0.2, 0) is 0 Å². The van der Waals surface area contributed by atoms with E-state index in [1.165, 1.54) is 18.2 Å². The van der Waals surface area contributed by atoms with Crippen molar-refractivity contribution in [3.63, 3.8) is 0 Å². The molecule has 18 heavy (non-hydrogen) atoms. The summed E-state index contributed by atoms with van der Waals surface area (Å²) in [5, 5.41) is 0.455. The molecule has 0 spiro atoms. The van der Waals surface area contributed by atoms with Crippen molar-refractivity contribution in [3.8, 4) is 0 Å². The van der Waals surface area contributed by atoms with Crippen LogP contribution >= 0.6 is 39.1 Å². The van der Waals surface area contributed by atoms with E-state index in [9.17, 15) is 13.6 Å².